The van der Waals surface area contributed by atoms with Crippen molar-refractivity contribution < 1.29 is 10.2 Å². The fourth-order valence-corrected chi connectivity index (χ4v) is 2.89. The Hall–Kier alpha value is -0.970. The van der Waals surface area contributed by atoms with Gasteiger partial charge in [-0.15, -0.1) is 0 Å². The van der Waals surface area contributed by atoms with E-state index in [0.29, 0.717) is 13.1 Å². The molecule has 4 heteroatoms. The number of aliphatic hydroxyl groups excluding tert-OH is 1. The number of hydrogen-bond acceptors (Lipinski definition) is 4. The summed E-state index contributed by atoms with van der Waals surface area (Å²) in [7, 11) is 0. The summed E-state index contributed by atoms with van der Waals surface area (Å²) < 4.78 is 0. The Balaban J connectivity index is 1.95. The molecule has 106 valence electrons. The van der Waals surface area contributed by atoms with Crippen molar-refractivity contribution in [3.63, 3.8) is 0 Å². The minimum absolute atomic E-state index is 0.121. The molecule has 0 aliphatic heterocycles. The number of aliphatic hydroxyl groups is 2. The molecule has 2 N–H and O–H groups in total. The quantitative estimate of drug-likeness (QED) is 0.819. The zero-order chi connectivity index (χ0) is 13.6. The highest BCUT2D eigenvalue weighted by Gasteiger charge is 2.31. The van der Waals surface area contributed by atoms with Crippen LogP contribution in [0.3, 0.4) is 0 Å². The largest absolute Gasteiger partial charge is 0.395 e. The molecule has 1 aliphatic carbocycles. The molecule has 0 atom stereocenters. The molecular formula is C15H24N2O2. The van der Waals surface area contributed by atoms with Gasteiger partial charge in [0.25, 0.3) is 0 Å². The van der Waals surface area contributed by atoms with E-state index in [2.05, 4.69) is 9.88 Å². The second-order valence-electron chi connectivity index (χ2n) is 5.58. The summed E-state index contributed by atoms with van der Waals surface area (Å²) in [6.07, 6.45) is 8.80. The molecular weight excluding hydrogens is 240 g/mol. The lowest BCUT2D eigenvalue weighted by Gasteiger charge is -2.36. The summed E-state index contributed by atoms with van der Waals surface area (Å²) in [5.74, 6) is 0. The Bertz CT molecular complexity index is 364. The van der Waals surface area contributed by atoms with E-state index in [9.17, 15) is 10.2 Å². The maximum absolute atomic E-state index is 10.6. The van der Waals surface area contributed by atoms with E-state index < -0.39 is 5.60 Å². The van der Waals surface area contributed by atoms with Crippen molar-refractivity contribution in [2.24, 2.45) is 0 Å². The van der Waals surface area contributed by atoms with E-state index in [0.717, 1.165) is 37.8 Å². The van der Waals surface area contributed by atoms with Gasteiger partial charge in [0.05, 0.1) is 12.2 Å². The van der Waals surface area contributed by atoms with E-state index in [1.165, 1.54) is 6.42 Å². The minimum atomic E-state index is -0.574. The van der Waals surface area contributed by atoms with Crippen LogP contribution in [0.2, 0.25) is 0 Å². The number of pyridine rings is 1. The molecule has 0 saturated heterocycles. The average molecular weight is 264 g/mol. The smallest absolute Gasteiger partial charge is 0.0774 e. The Morgan fingerprint density at radius 3 is 2.68 bits per heavy atom. The van der Waals surface area contributed by atoms with Gasteiger partial charge in [-0.25, -0.2) is 0 Å². The van der Waals surface area contributed by atoms with Crippen molar-refractivity contribution in [1.29, 1.82) is 0 Å². The Labute approximate surface area is 115 Å². The van der Waals surface area contributed by atoms with Crippen LogP contribution < -0.4 is 0 Å². The minimum Gasteiger partial charge on any atom is -0.395 e. The zero-order valence-electron chi connectivity index (χ0n) is 11.5. The Kier molecular flexibility index (Phi) is 5.31. The first-order chi connectivity index (χ1) is 9.22. The maximum Gasteiger partial charge on any atom is 0.0774 e. The van der Waals surface area contributed by atoms with Crippen LogP contribution in [0.15, 0.2) is 24.5 Å². The molecule has 19 heavy (non-hydrogen) atoms. The molecule has 0 spiro atoms. The molecule has 1 aromatic heterocycles. The van der Waals surface area contributed by atoms with Crippen molar-refractivity contribution in [2.45, 2.75) is 44.2 Å². The molecule has 1 aliphatic rings. The van der Waals surface area contributed by atoms with Gasteiger partial charge in [0.2, 0.25) is 0 Å². The first-order valence-electron chi connectivity index (χ1n) is 7.16. The van der Waals surface area contributed by atoms with Gasteiger partial charge in [-0.1, -0.05) is 25.3 Å². The van der Waals surface area contributed by atoms with Crippen molar-refractivity contribution in [2.75, 3.05) is 19.7 Å². The number of aromatic nitrogens is 1. The van der Waals surface area contributed by atoms with Crippen molar-refractivity contribution in [3.05, 3.63) is 30.1 Å². The van der Waals surface area contributed by atoms with Gasteiger partial charge in [-0.05, 0) is 24.5 Å². The van der Waals surface area contributed by atoms with Gasteiger partial charge in [-0.2, -0.15) is 0 Å². The highest BCUT2D eigenvalue weighted by molar-refractivity contribution is 5.08. The SMILES string of the molecule is OCCN(Cc1cccnc1)CC1(O)CCCCC1. The molecule has 0 radical (unpaired) electrons. The van der Waals surface area contributed by atoms with Crippen LogP contribution in [0, 0.1) is 0 Å². The third-order valence-corrected chi connectivity index (χ3v) is 3.85. The number of nitrogens with zero attached hydrogens (tertiary/aromatic N) is 2. The summed E-state index contributed by atoms with van der Waals surface area (Å²) >= 11 is 0. The monoisotopic (exact) mass is 264 g/mol. The Morgan fingerprint density at radius 2 is 2.05 bits per heavy atom. The molecule has 1 saturated carbocycles. The van der Waals surface area contributed by atoms with E-state index in [4.69, 9.17) is 0 Å². The van der Waals surface area contributed by atoms with Crippen LogP contribution in [0.4, 0.5) is 0 Å². The number of hydrogen-bond donors (Lipinski definition) is 2. The highest BCUT2D eigenvalue weighted by Crippen LogP contribution is 2.29. The van der Waals surface area contributed by atoms with Crippen LogP contribution >= 0.6 is 0 Å². The van der Waals surface area contributed by atoms with Crippen LogP contribution in [-0.2, 0) is 6.54 Å². The van der Waals surface area contributed by atoms with Gasteiger partial charge in [0, 0.05) is 32.0 Å². The normalized spacial score (nSPS) is 18.7. The molecule has 1 fully saturated rings. The summed E-state index contributed by atoms with van der Waals surface area (Å²) in [5.41, 5.74) is 0.547. The molecule has 0 bridgehead atoms. The van der Waals surface area contributed by atoms with Crippen molar-refractivity contribution in [3.8, 4) is 0 Å². The first-order valence-corrected chi connectivity index (χ1v) is 7.16. The first kappa shape index (κ1) is 14.4. The van der Waals surface area contributed by atoms with Crippen LogP contribution in [0.25, 0.3) is 0 Å². The van der Waals surface area contributed by atoms with Gasteiger partial charge in [-0.3, -0.25) is 9.88 Å². The van der Waals surface area contributed by atoms with E-state index in [1.54, 1.807) is 6.20 Å². The van der Waals surface area contributed by atoms with Gasteiger partial charge in [0.1, 0.15) is 0 Å². The van der Waals surface area contributed by atoms with E-state index >= 15 is 0 Å². The molecule has 4 nitrogen and oxygen atoms in total. The maximum atomic E-state index is 10.6. The molecule has 0 unspecified atom stereocenters. The van der Waals surface area contributed by atoms with E-state index in [-0.39, 0.29) is 6.61 Å². The van der Waals surface area contributed by atoms with Crippen LogP contribution in [0.5, 0.6) is 0 Å². The zero-order valence-corrected chi connectivity index (χ0v) is 11.5. The van der Waals surface area contributed by atoms with Crippen LogP contribution in [-0.4, -0.2) is 45.4 Å². The summed E-state index contributed by atoms with van der Waals surface area (Å²) in [5, 5.41) is 19.8. The third-order valence-electron chi connectivity index (χ3n) is 3.85. The fraction of sp³-hybridized carbons (Fsp3) is 0.667. The van der Waals surface area contributed by atoms with Crippen LogP contribution in [0.1, 0.15) is 37.7 Å². The second-order valence-corrected chi connectivity index (χ2v) is 5.58. The predicted octanol–water partition coefficient (Wildman–Crippen LogP) is 1.57. The van der Waals surface area contributed by atoms with Crippen molar-refractivity contribution in [1.82, 2.24) is 9.88 Å². The summed E-state index contributed by atoms with van der Waals surface area (Å²) in [6, 6.07) is 3.95. The van der Waals surface area contributed by atoms with Gasteiger partial charge >= 0.3 is 0 Å². The lowest BCUT2D eigenvalue weighted by atomic mass is 9.84. The lowest BCUT2D eigenvalue weighted by molar-refractivity contribution is -0.0307. The predicted molar refractivity (Wildman–Crippen MR) is 74.6 cm³/mol. The second kappa shape index (κ2) is 6.98. The number of rotatable bonds is 6. The van der Waals surface area contributed by atoms with Gasteiger partial charge < -0.3 is 10.2 Å². The van der Waals surface area contributed by atoms with Gasteiger partial charge in [0.15, 0.2) is 0 Å². The summed E-state index contributed by atoms with van der Waals surface area (Å²) in [4.78, 5) is 6.24. The van der Waals surface area contributed by atoms with Crippen molar-refractivity contribution >= 4 is 0 Å². The lowest BCUT2D eigenvalue weighted by Crippen LogP contribution is -2.45. The topological polar surface area (TPSA) is 56.6 Å². The average Bonchev–Trinajstić information content (AvgIpc) is 2.40. The van der Waals surface area contributed by atoms with E-state index in [1.807, 2.05) is 18.3 Å². The highest BCUT2D eigenvalue weighted by atomic mass is 16.3. The summed E-state index contributed by atoms with van der Waals surface area (Å²) in [6.45, 7) is 2.09. The molecule has 0 amide bonds. The molecule has 0 aromatic carbocycles. The third kappa shape index (κ3) is 4.56. The molecule has 1 aromatic rings. The Morgan fingerprint density at radius 1 is 1.26 bits per heavy atom. The standard InChI is InChI=1S/C15H24N2O2/c18-10-9-17(12-14-5-4-8-16-11-14)13-15(19)6-2-1-3-7-15/h4-5,8,11,18-19H,1-3,6-7,9-10,12-13H2. The molecule has 1 heterocycles. The molecule has 2 rings (SSSR count). The fourth-order valence-electron chi connectivity index (χ4n) is 2.89.